The Bertz CT molecular complexity index is 600. The van der Waals surface area contributed by atoms with E-state index in [2.05, 4.69) is 19.9 Å². The molecule has 10 N–H and O–H groups in total. The number of nitrogens with zero attached hydrogens (tertiary/aromatic N) is 2. The number of aromatic amines is 2. The predicted octanol–water partition coefficient (Wildman–Crippen LogP) is -0.865. The van der Waals surface area contributed by atoms with E-state index in [1.165, 1.54) is 0 Å². The fourth-order valence-corrected chi connectivity index (χ4v) is 3.22. The van der Waals surface area contributed by atoms with Gasteiger partial charge in [0.1, 0.15) is 0 Å². The molecule has 3 atom stereocenters. The minimum absolute atomic E-state index is 0.00403. The molecule has 0 radical (unpaired) electrons. The molecule has 0 spiro atoms. The third kappa shape index (κ3) is 1.93. The summed E-state index contributed by atoms with van der Waals surface area (Å²) in [4.78, 5) is 14.7. The molecule has 1 aliphatic rings. The van der Waals surface area contributed by atoms with Gasteiger partial charge in [-0.1, -0.05) is 0 Å². The number of anilines is 2. The molecule has 108 valence electrons. The summed E-state index contributed by atoms with van der Waals surface area (Å²) in [6, 6.07) is 0. The first kappa shape index (κ1) is 12.9. The number of nitrogens with two attached hydrogens (primary N) is 4. The fourth-order valence-electron chi connectivity index (χ4n) is 3.22. The van der Waals surface area contributed by atoms with Crippen LogP contribution < -0.4 is 22.9 Å². The standard InChI is InChI=1S/C12H20N8/c13-2-5-1-7-10(20-12(16)18-7)9(6(5)3-14)8-4-17-11(15)19-8/h4-6,9H,1-3,13-14H2,(H3,15,17,19)(H3,16,18,20)/t5-,6-,9?/m1/s1. The number of imidazole rings is 2. The Kier molecular flexibility index (Phi) is 3.11. The summed E-state index contributed by atoms with van der Waals surface area (Å²) < 4.78 is 0. The third-order valence-corrected chi connectivity index (χ3v) is 4.15. The van der Waals surface area contributed by atoms with Gasteiger partial charge in [-0.05, 0) is 31.3 Å². The number of hydrogen-bond acceptors (Lipinski definition) is 6. The van der Waals surface area contributed by atoms with Crippen LogP contribution in [0.25, 0.3) is 0 Å². The highest BCUT2D eigenvalue weighted by atomic mass is 15.1. The zero-order chi connectivity index (χ0) is 14.3. The summed E-state index contributed by atoms with van der Waals surface area (Å²) in [6.07, 6.45) is 2.55. The van der Waals surface area contributed by atoms with Crippen molar-refractivity contribution in [3.8, 4) is 0 Å². The van der Waals surface area contributed by atoms with Crippen molar-refractivity contribution in [1.29, 1.82) is 0 Å². The minimum atomic E-state index is -0.00403. The number of fused-ring (bicyclic) bond motifs is 1. The summed E-state index contributed by atoms with van der Waals surface area (Å²) in [5, 5.41) is 0. The largest absolute Gasteiger partial charge is 0.369 e. The Balaban J connectivity index is 2.11. The van der Waals surface area contributed by atoms with Gasteiger partial charge in [-0.25, -0.2) is 9.97 Å². The first-order valence-electron chi connectivity index (χ1n) is 6.68. The van der Waals surface area contributed by atoms with E-state index in [0.717, 1.165) is 23.5 Å². The van der Waals surface area contributed by atoms with E-state index in [-0.39, 0.29) is 17.8 Å². The average Bonchev–Trinajstić information content (AvgIpc) is 3.01. The lowest BCUT2D eigenvalue weighted by atomic mass is 9.71. The number of hydrogen-bond donors (Lipinski definition) is 6. The Labute approximate surface area is 116 Å². The van der Waals surface area contributed by atoms with Gasteiger partial charge in [0.15, 0.2) is 11.9 Å². The first-order chi connectivity index (χ1) is 9.63. The van der Waals surface area contributed by atoms with E-state index >= 15 is 0 Å². The molecule has 1 aliphatic carbocycles. The third-order valence-electron chi connectivity index (χ3n) is 4.15. The van der Waals surface area contributed by atoms with Crippen molar-refractivity contribution >= 4 is 11.9 Å². The van der Waals surface area contributed by atoms with Gasteiger partial charge in [-0.3, -0.25) is 0 Å². The van der Waals surface area contributed by atoms with E-state index in [0.29, 0.717) is 25.0 Å². The zero-order valence-electron chi connectivity index (χ0n) is 11.1. The quantitative estimate of drug-likeness (QED) is 0.427. The van der Waals surface area contributed by atoms with Crippen LogP contribution >= 0.6 is 0 Å². The van der Waals surface area contributed by atoms with Gasteiger partial charge in [-0.2, -0.15) is 0 Å². The van der Waals surface area contributed by atoms with Crippen LogP contribution in [0.4, 0.5) is 11.9 Å². The lowest BCUT2D eigenvalue weighted by Gasteiger charge is -2.35. The molecule has 0 saturated heterocycles. The maximum Gasteiger partial charge on any atom is 0.197 e. The molecule has 20 heavy (non-hydrogen) atoms. The van der Waals surface area contributed by atoms with E-state index < -0.39 is 0 Å². The molecule has 0 aliphatic heterocycles. The molecule has 0 saturated carbocycles. The lowest BCUT2D eigenvalue weighted by molar-refractivity contribution is 0.284. The molecule has 3 rings (SSSR count). The monoisotopic (exact) mass is 276 g/mol. The van der Waals surface area contributed by atoms with Crippen LogP contribution in [-0.4, -0.2) is 33.0 Å². The second kappa shape index (κ2) is 4.80. The highest BCUT2D eigenvalue weighted by Gasteiger charge is 2.39. The van der Waals surface area contributed by atoms with Crippen LogP contribution in [0.1, 0.15) is 23.0 Å². The molecule has 8 nitrogen and oxygen atoms in total. The van der Waals surface area contributed by atoms with Crippen LogP contribution in [-0.2, 0) is 6.42 Å². The second-order valence-electron chi connectivity index (χ2n) is 5.29. The Hall–Kier alpha value is -2.06. The topological polar surface area (TPSA) is 161 Å². The van der Waals surface area contributed by atoms with Crippen molar-refractivity contribution in [1.82, 2.24) is 19.9 Å². The summed E-state index contributed by atoms with van der Waals surface area (Å²) in [5.74, 6) is 1.27. The van der Waals surface area contributed by atoms with E-state index in [4.69, 9.17) is 22.9 Å². The highest BCUT2D eigenvalue weighted by molar-refractivity contribution is 5.38. The summed E-state index contributed by atoms with van der Waals surface area (Å²) in [6.45, 7) is 1.10. The van der Waals surface area contributed by atoms with Gasteiger partial charge >= 0.3 is 0 Å². The van der Waals surface area contributed by atoms with Crippen molar-refractivity contribution in [3.05, 3.63) is 23.3 Å². The van der Waals surface area contributed by atoms with Gasteiger partial charge in [-0.15, -0.1) is 0 Å². The van der Waals surface area contributed by atoms with Crippen LogP contribution in [0.3, 0.4) is 0 Å². The number of H-pyrrole nitrogens is 2. The number of nitrogen functional groups attached to an aromatic ring is 2. The van der Waals surface area contributed by atoms with E-state index in [9.17, 15) is 0 Å². The van der Waals surface area contributed by atoms with Gasteiger partial charge in [0.05, 0.1) is 11.9 Å². The molecule has 2 aromatic rings. The summed E-state index contributed by atoms with van der Waals surface area (Å²) in [7, 11) is 0. The number of rotatable bonds is 3. The smallest absolute Gasteiger partial charge is 0.197 e. The molecule has 0 aromatic carbocycles. The minimum Gasteiger partial charge on any atom is -0.369 e. The Morgan fingerprint density at radius 3 is 2.55 bits per heavy atom. The summed E-state index contributed by atoms with van der Waals surface area (Å²) in [5.41, 5.74) is 26.2. The normalized spacial score (nSPS) is 25.6. The SMILES string of the molecule is NC[C@H]1Cc2[nH]c(N)nc2C(c2cnc(N)[nH]2)[C@@H]1CN. The molecule has 0 fully saturated rings. The van der Waals surface area contributed by atoms with Gasteiger partial charge < -0.3 is 32.9 Å². The van der Waals surface area contributed by atoms with Crippen molar-refractivity contribution in [2.75, 3.05) is 24.6 Å². The summed E-state index contributed by atoms with van der Waals surface area (Å²) >= 11 is 0. The molecule has 2 heterocycles. The Morgan fingerprint density at radius 1 is 1.15 bits per heavy atom. The highest BCUT2D eigenvalue weighted by Crippen LogP contribution is 2.41. The second-order valence-corrected chi connectivity index (χ2v) is 5.29. The number of nitrogens with one attached hydrogen (secondary N) is 2. The Morgan fingerprint density at radius 2 is 1.95 bits per heavy atom. The zero-order valence-corrected chi connectivity index (χ0v) is 11.1. The van der Waals surface area contributed by atoms with Crippen molar-refractivity contribution in [2.45, 2.75) is 12.3 Å². The van der Waals surface area contributed by atoms with Gasteiger partial charge in [0.25, 0.3) is 0 Å². The van der Waals surface area contributed by atoms with Crippen LogP contribution in [0.5, 0.6) is 0 Å². The lowest BCUT2D eigenvalue weighted by Crippen LogP contribution is -2.39. The molecule has 1 unspecified atom stereocenters. The molecule has 8 heteroatoms. The maximum absolute atomic E-state index is 5.98. The molecular weight excluding hydrogens is 256 g/mol. The molecule has 2 aromatic heterocycles. The molecule has 0 bridgehead atoms. The predicted molar refractivity (Wildman–Crippen MR) is 76.6 cm³/mol. The number of aromatic nitrogens is 4. The maximum atomic E-state index is 5.98. The van der Waals surface area contributed by atoms with Gasteiger partial charge in [0, 0.05) is 17.3 Å². The average molecular weight is 276 g/mol. The first-order valence-corrected chi connectivity index (χ1v) is 6.68. The van der Waals surface area contributed by atoms with Crippen molar-refractivity contribution in [2.24, 2.45) is 23.3 Å². The van der Waals surface area contributed by atoms with Crippen molar-refractivity contribution < 1.29 is 0 Å². The van der Waals surface area contributed by atoms with E-state index in [1.807, 2.05) is 0 Å². The van der Waals surface area contributed by atoms with Gasteiger partial charge in [0.2, 0.25) is 0 Å². The van der Waals surface area contributed by atoms with Crippen LogP contribution in [0.2, 0.25) is 0 Å². The van der Waals surface area contributed by atoms with Crippen molar-refractivity contribution in [3.63, 3.8) is 0 Å². The van der Waals surface area contributed by atoms with E-state index in [1.54, 1.807) is 6.20 Å². The molecular formula is C12H20N8. The molecule has 0 amide bonds. The van der Waals surface area contributed by atoms with Crippen LogP contribution in [0, 0.1) is 11.8 Å². The van der Waals surface area contributed by atoms with Crippen LogP contribution in [0.15, 0.2) is 6.20 Å². The fraction of sp³-hybridized carbons (Fsp3) is 0.500.